The maximum atomic E-state index is 14.1. The standard InChI is InChI=1S/C24H24FN3O4S/c25-16-6-3-9-18(14-16)28(21(29)15-26-23(30)20-11-5-13-33-20)22(19-10-4-12-32-19)24(31)27-17-7-1-2-8-17/h3-6,9-14,17,22H,1-2,7-8,15H2,(H,26,30)(H,27,31). The Bertz CT molecular complexity index is 1090. The predicted molar refractivity (Wildman–Crippen MR) is 122 cm³/mol. The molecule has 172 valence electrons. The van der Waals surface area contributed by atoms with E-state index >= 15 is 0 Å². The highest BCUT2D eigenvalue weighted by atomic mass is 32.1. The van der Waals surface area contributed by atoms with Gasteiger partial charge in [0.15, 0.2) is 6.04 Å². The van der Waals surface area contributed by atoms with Crippen LogP contribution in [-0.2, 0) is 9.59 Å². The minimum absolute atomic E-state index is 0.0120. The molecule has 0 bridgehead atoms. The monoisotopic (exact) mass is 469 g/mol. The molecule has 33 heavy (non-hydrogen) atoms. The molecule has 0 aliphatic heterocycles. The minimum Gasteiger partial charge on any atom is -0.467 e. The van der Waals surface area contributed by atoms with E-state index in [4.69, 9.17) is 4.42 Å². The Balaban J connectivity index is 1.63. The van der Waals surface area contributed by atoms with Crippen molar-refractivity contribution in [3.63, 3.8) is 0 Å². The Kier molecular flexibility index (Phi) is 7.19. The molecule has 2 heterocycles. The molecule has 1 aliphatic rings. The van der Waals surface area contributed by atoms with Crippen LogP contribution in [0.4, 0.5) is 10.1 Å². The van der Waals surface area contributed by atoms with Gasteiger partial charge in [-0.25, -0.2) is 4.39 Å². The fraction of sp³-hybridized carbons (Fsp3) is 0.292. The lowest BCUT2D eigenvalue weighted by Crippen LogP contribution is -2.49. The van der Waals surface area contributed by atoms with E-state index in [1.165, 1.54) is 40.7 Å². The van der Waals surface area contributed by atoms with Crippen LogP contribution >= 0.6 is 11.3 Å². The van der Waals surface area contributed by atoms with Gasteiger partial charge < -0.3 is 15.1 Å². The van der Waals surface area contributed by atoms with Crippen molar-refractivity contribution in [3.8, 4) is 0 Å². The first-order chi connectivity index (χ1) is 16.0. The van der Waals surface area contributed by atoms with Crippen molar-refractivity contribution in [1.82, 2.24) is 10.6 Å². The molecule has 9 heteroatoms. The van der Waals surface area contributed by atoms with E-state index in [-0.39, 0.29) is 24.0 Å². The second-order valence-corrected chi connectivity index (χ2v) is 8.76. The molecule has 3 amide bonds. The summed E-state index contributed by atoms with van der Waals surface area (Å²) in [5.74, 6) is -1.70. The number of thiophene rings is 1. The summed E-state index contributed by atoms with van der Waals surface area (Å²) in [6.45, 7) is -0.374. The molecule has 0 saturated heterocycles. The first-order valence-corrected chi connectivity index (χ1v) is 11.6. The molecule has 1 atom stereocenters. The Hall–Kier alpha value is -3.46. The average molecular weight is 470 g/mol. The van der Waals surface area contributed by atoms with Crippen LogP contribution in [0.25, 0.3) is 0 Å². The molecule has 1 unspecified atom stereocenters. The van der Waals surface area contributed by atoms with Crippen molar-refractivity contribution in [1.29, 1.82) is 0 Å². The summed E-state index contributed by atoms with van der Waals surface area (Å²) in [6, 6.07) is 10.9. The molecule has 1 aliphatic carbocycles. The molecule has 1 saturated carbocycles. The lowest BCUT2D eigenvalue weighted by Gasteiger charge is -2.31. The first kappa shape index (κ1) is 22.7. The van der Waals surface area contributed by atoms with Gasteiger partial charge in [0.1, 0.15) is 11.6 Å². The summed E-state index contributed by atoms with van der Waals surface area (Å²) in [5, 5.41) is 7.35. The molecular formula is C24H24FN3O4S. The predicted octanol–water partition coefficient (Wildman–Crippen LogP) is 4.04. The molecule has 2 aromatic heterocycles. The SMILES string of the molecule is O=C(NCC(=O)N(c1cccc(F)c1)C(C(=O)NC1CCCC1)c1ccco1)c1cccs1. The Labute approximate surface area is 194 Å². The van der Waals surface area contributed by atoms with Crippen LogP contribution in [0.1, 0.15) is 47.2 Å². The lowest BCUT2D eigenvalue weighted by molar-refractivity contribution is -0.127. The smallest absolute Gasteiger partial charge is 0.261 e. The number of hydrogen-bond acceptors (Lipinski definition) is 5. The number of benzene rings is 1. The van der Waals surface area contributed by atoms with Crippen LogP contribution in [0.15, 0.2) is 64.6 Å². The molecular weight excluding hydrogens is 445 g/mol. The third-order valence-electron chi connectivity index (χ3n) is 5.52. The molecule has 0 spiro atoms. The van der Waals surface area contributed by atoms with Crippen LogP contribution in [-0.4, -0.2) is 30.3 Å². The second kappa shape index (κ2) is 10.4. The van der Waals surface area contributed by atoms with Gasteiger partial charge in [-0.15, -0.1) is 11.3 Å². The van der Waals surface area contributed by atoms with Gasteiger partial charge in [0, 0.05) is 11.7 Å². The van der Waals surface area contributed by atoms with E-state index in [1.807, 2.05) is 0 Å². The van der Waals surface area contributed by atoms with E-state index in [0.29, 0.717) is 4.88 Å². The van der Waals surface area contributed by atoms with E-state index in [9.17, 15) is 18.8 Å². The maximum absolute atomic E-state index is 14.1. The zero-order chi connectivity index (χ0) is 23.2. The van der Waals surface area contributed by atoms with Gasteiger partial charge in [-0.05, 0) is 54.6 Å². The number of amides is 3. The summed E-state index contributed by atoms with van der Waals surface area (Å²) in [5.41, 5.74) is 0.188. The second-order valence-electron chi connectivity index (χ2n) is 7.81. The molecule has 7 nitrogen and oxygen atoms in total. The van der Waals surface area contributed by atoms with Crippen LogP contribution in [0, 0.1) is 5.82 Å². The normalized spacial score (nSPS) is 14.6. The quantitative estimate of drug-likeness (QED) is 0.521. The number of carbonyl (C=O) groups excluding carboxylic acids is 3. The zero-order valence-corrected chi connectivity index (χ0v) is 18.6. The summed E-state index contributed by atoms with van der Waals surface area (Å²) >= 11 is 1.25. The Morgan fingerprint density at radius 3 is 2.61 bits per heavy atom. The number of nitrogens with one attached hydrogen (secondary N) is 2. The Morgan fingerprint density at radius 1 is 1.12 bits per heavy atom. The topological polar surface area (TPSA) is 91.7 Å². The Morgan fingerprint density at radius 2 is 1.94 bits per heavy atom. The summed E-state index contributed by atoms with van der Waals surface area (Å²) in [4.78, 5) is 40.8. The molecule has 1 fully saturated rings. The molecule has 0 radical (unpaired) electrons. The minimum atomic E-state index is -1.16. The average Bonchev–Trinajstić information content (AvgIpc) is 3.58. The van der Waals surface area contributed by atoms with Crippen molar-refractivity contribution in [2.45, 2.75) is 37.8 Å². The zero-order valence-electron chi connectivity index (χ0n) is 17.8. The van der Waals surface area contributed by atoms with E-state index in [2.05, 4.69) is 10.6 Å². The third-order valence-corrected chi connectivity index (χ3v) is 6.39. The number of carbonyl (C=O) groups is 3. The van der Waals surface area contributed by atoms with Crippen LogP contribution in [0.3, 0.4) is 0 Å². The highest BCUT2D eigenvalue weighted by Gasteiger charge is 2.36. The van der Waals surface area contributed by atoms with E-state index in [1.54, 1.807) is 35.7 Å². The number of anilines is 1. The van der Waals surface area contributed by atoms with Gasteiger partial charge in [-0.1, -0.05) is 25.0 Å². The highest BCUT2D eigenvalue weighted by molar-refractivity contribution is 7.12. The fourth-order valence-corrected chi connectivity index (χ4v) is 4.61. The van der Waals surface area contributed by atoms with Crippen molar-refractivity contribution < 1.29 is 23.2 Å². The van der Waals surface area contributed by atoms with Gasteiger partial charge in [0.25, 0.3) is 11.8 Å². The largest absolute Gasteiger partial charge is 0.467 e. The third kappa shape index (κ3) is 5.48. The number of furan rings is 1. The highest BCUT2D eigenvalue weighted by Crippen LogP contribution is 2.30. The molecule has 4 rings (SSSR count). The van der Waals surface area contributed by atoms with Crippen molar-refractivity contribution in [3.05, 3.63) is 76.6 Å². The van der Waals surface area contributed by atoms with Crippen LogP contribution < -0.4 is 15.5 Å². The van der Waals surface area contributed by atoms with Gasteiger partial charge in [0.2, 0.25) is 5.91 Å². The molecule has 3 aromatic rings. The number of halogens is 1. The molecule has 1 aromatic carbocycles. The van der Waals surface area contributed by atoms with E-state index < -0.39 is 29.6 Å². The number of hydrogen-bond donors (Lipinski definition) is 2. The number of rotatable bonds is 8. The van der Waals surface area contributed by atoms with Gasteiger partial charge >= 0.3 is 0 Å². The van der Waals surface area contributed by atoms with Gasteiger partial charge in [-0.3, -0.25) is 19.3 Å². The fourth-order valence-electron chi connectivity index (χ4n) is 3.97. The van der Waals surface area contributed by atoms with E-state index in [0.717, 1.165) is 25.7 Å². The lowest BCUT2D eigenvalue weighted by atomic mass is 10.1. The summed E-state index contributed by atoms with van der Waals surface area (Å²) in [6.07, 6.45) is 5.19. The van der Waals surface area contributed by atoms with Crippen molar-refractivity contribution >= 4 is 34.7 Å². The first-order valence-electron chi connectivity index (χ1n) is 10.8. The number of nitrogens with zero attached hydrogens (tertiary/aromatic N) is 1. The maximum Gasteiger partial charge on any atom is 0.261 e. The van der Waals surface area contributed by atoms with Crippen LogP contribution in [0.5, 0.6) is 0 Å². The van der Waals surface area contributed by atoms with Crippen molar-refractivity contribution in [2.24, 2.45) is 0 Å². The summed E-state index contributed by atoms with van der Waals surface area (Å²) in [7, 11) is 0. The van der Waals surface area contributed by atoms with Gasteiger partial charge in [-0.2, -0.15) is 0 Å². The molecule has 2 N–H and O–H groups in total. The van der Waals surface area contributed by atoms with Gasteiger partial charge in [0.05, 0.1) is 17.7 Å². The summed E-state index contributed by atoms with van der Waals surface area (Å²) < 4.78 is 19.6. The van der Waals surface area contributed by atoms with Crippen LogP contribution in [0.2, 0.25) is 0 Å². The van der Waals surface area contributed by atoms with Crippen molar-refractivity contribution in [2.75, 3.05) is 11.4 Å².